The summed E-state index contributed by atoms with van der Waals surface area (Å²) in [4.78, 5) is 20.4. The minimum Gasteiger partial charge on any atom is -0.545 e. The van der Waals surface area contributed by atoms with Crippen molar-refractivity contribution in [1.82, 2.24) is 0 Å². The Morgan fingerprint density at radius 1 is 1.11 bits per heavy atom. The van der Waals surface area contributed by atoms with E-state index < -0.39 is 17.5 Å². The SMILES string of the molecule is C[NH+](C)CCCCC(O)(c1ccsc1)c1ccsc1.O=C([O-])/C=C/C(=O)O. The number of carbonyl (C=O) groups is 2. The van der Waals surface area contributed by atoms with Gasteiger partial charge in [0.25, 0.3) is 0 Å². The second-order valence-electron chi connectivity index (χ2n) is 6.29. The minimum atomic E-state index is -1.51. The molecule has 0 aliphatic heterocycles. The number of hydrogen-bond acceptors (Lipinski definition) is 6. The lowest BCUT2D eigenvalue weighted by molar-refractivity contribution is -0.858. The van der Waals surface area contributed by atoms with Gasteiger partial charge in [0.15, 0.2) is 0 Å². The molecule has 0 aliphatic carbocycles. The van der Waals surface area contributed by atoms with Crippen LogP contribution in [0.3, 0.4) is 0 Å². The molecule has 8 heteroatoms. The van der Waals surface area contributed by atoms with E-state index in [-0.39, 0.29) is 0 Å². The van der Waals surface area contributed by atoms with Gasteiger partial charge in [0, 0.05) is 6.08 Å². The Kier molecular flexibility index (Phi) is 9.95. The number of carboxylic acids is 2. The van der Waals surface area contributed by atoms with Gasteiger partial charge in [-0.3, -0.25) is 0 Å². The molecule has 0 bridgehead atoms. The third-order valence-electron chi connectivity index (χ3n) is 3.82. The monoisotopic (exact) mass is 411 g/mol. The number of hydrogen-bond donors (Lipinski definition) is 3. The lowest BCUT2D eigenvalue weighted by Gasteiger charge is -2.27. The molecule has 0 unspecified atom stereocenters. The maximum Gasteiger partial charge on any atom is 0.328 e. The largest absolute Gasteiger partial charge is 0.545 e. The maximum atomic E-state index is 11.1. The molecule has 2 heterocycles. The molecule has 0 amide bonds. The predicted octanol–water partition coefficient (Wildman–Crippen LogP) is 0.737. The molecule has 0 aromatic carbocycles. The van der Waals surface area contributed by atoms with Crippen LogP contribution in [0.1, 0.15) is 30.4 Å². The van der Waals surface area contributed by atoms with Gasteiger partial charge in [-0.05, 0) is 70.1 Å². The summed E-state index contributed by atoms with van der Waals surface area (Å²) >= 11 is 3.29. The molecule has 148 valence electrons. The van der Waals surface area contributed by atoms with E-state index in [0.717, 1.165) is 36.9 Å². The molecule has 27 heavy (non-hydrogen) atoms. The lowest BCUT2D eigenvalue weighted by Crippen LogP contribution is -3.05. The number of carbonyl (C=O) groups excluding carboxylic acids is 1. The highest BCUT2D eigenvalue weighted by Crippen LogP contribution is 2.36. The first kappa shape index (κ1) is 23.0. The van der Waals surface area contributed by atoms with Gasteiger partial charge in [-0.1, -0.05) is 0 Å². The smallest absolute Gasteiger partial charge is 0.328 e. The molecule has 0 atom stereocenters. The van der Waals surface area contributed by atoms with E-state index in [0.29, 0.717) is 12.2 Å². The fraction of sp³-hybridized carbons (Fsp3) is 0.368. The van der Waals surface area contributed by atoms with Gasteiger partial charge in [0.1, 0.15) is 5.60 Å². The summed E-state index contributed by atoms with van der Waals surface area (Å²) in [6, 6.07) is 4.08. The minimum absolute atomic E-state index is 0.447. The van der Waals surface area contributed by atoms with Gasteiger partial charge < -0.3 is 25.0 Å². The van der Waals surface area contributed by atoms with Crippen molar-refractivity contribution >= 4 is 34.6 Å². The zero-order valence-electron chi connectivity index (χ0n) is 15.4. The van der Waals surface area contributed by atoms with Crippen molar-refractivity contribution in [2.24, 2.45) is 0 Å². The molecular formula is C19H25NO5S2. The number of quaternary nitrogens is 1. The zero-order chi connectivity index (χ0) is 20.3. The molecule has 0 spiro atoms. The summed E-state index contributed by atoms with van der Waals surface area (Å²) < 4.78 is 0. The molecule has 6 nitrogen and oxygen atoms in total. The number of carboxylic acid groups (broad SMARTS) is 2. The summed E-state index contributed by atoms with van der Waals surface area (Å²) in [7, 11) is 4.34. The highest BCUT2D eigenvalue weighted by atomic mass is 32.1. The van der Waals surface area contributed by atoms with Crippen molar-refractivity contribution in [2.45, 2.75) is 24.9 Å². The van der Waals surface area contributed by atoms with Gasteiger partial charge in [0.05, 0.1) is 26.6 Å². The Labute approximate surface area is 167 Å². The first-order valence-corrected chi connectivity index (χ1v) is 10.3. The average Bonchev–Trinajstić information content (AvgIpc) is 3.31. The summed E-state index contributed by atoms with van der Waals surface area (Å²) in [6.45, 7) is 1.16. The van der Waals surface area contributed by atoms with E-state index in [1.165, 1.54) is 4.90 Å². The molecule has 0 radical (unpaired) electrons. The van der Waals surface area contributed by atoms with E-state index in [4.69, 9.17) is 5.11 Å². The van der Waals surface area contributed by atoms with Crippen LogP contribution in [-0.4, -0.2) is 42.8 Å². The topological polar surface area (TPSA) is 102 Å². The van der Waals surface area contributed by atoms with E-state index >= 15 is 0 Å². The fourth-order valence-corrected chi connectivity index (χ4v) is 3.90. The molecule has 0 aliphatic rings. The van der Waals surface area contributed by atoms with Crippen LogP contribution in [-0.2, 0) is 15.2 Å². The Bertz CT molecular complexity index is 658. The van der Waals surface area contributed by atoms with Crippen molar-refractivity contribution in [3.05, 3.63) is 56.9 Å². The molecule has 2 rings (SSSR count). The predicted molar refractivity (Wildman–Crippen MR) is 105 cm³/mol. The first-order chi connectivity index (χ1) is 12.8. The van der Waals surface area contributed by atoms with Crippen LogP contribution in [0.15, 0.2) is 45.8 Å². The van der Waals surface area contributed by atoms with Crippen molar-refractivity contribution in [1.29, 1.82) is 0 Å². The van der Waals surface area contributed by atoms with Crippen LogP contribution in [0.2, 0.25) is 0 Å². The van der Waals surface area contributed by atoms with Crippen molar-refractivity contribution in [2.75, 3.05) is 20.6 Å². The third-order valence-corrected chi connectivity index (χ3v) is 5.19. The van der Waals surface area contributed by atoms with Gasteiger partial charge >= 0.3 is 5.97 Å². The Morgan fingerprint density at radius 2 is 1.67 bits per heavy atom. The lowest BCUT2D eigenvalue weighted by atomic mass is 9.85. The summed E-state index contributed by atoms with van der Waals surface area (Å²) in [5.41, 5.74) is 1.27. The number of aliphatic hydroxyl groups is 1. The number of thiophene rings is 2. The second-order valence-corrected chi connectivity index (χ2v) is 7.85. The molecular weight excluding hydrogens is 386 g/mol. The number of nitrogens with one attached hydrogen (secondary N) is 1. The summed E-state index contributed by atoms with van der Waals surface area (Å²) in [5, 5.41) is 36.5. The van der Waals surface area contributed by atoms with Crippen molar-refractivity contribution in [3.8, 4) is 0 Å². The van der Waals surface area contributed by atoms with Gasteiger partial charge in [-0.25, -0.2) is 4.79 Å². The van der Waals surface area contributed by atoms with Crippen LogP contribution in [0.4, 0.5) is 0 Å². The number of rotatable bonds is 9. The van der Waals surface area contributed by atoms with Crippen LogP contribution in [0, 0.1) is 0 Å². The van der Waals surface area contributed by atoms with Crippen LogP contribution in [0.25, 0.3) is 0 Å². The number of aliphatic carboxylic acids is 2. The Balaban J connectivity index is 0.000000387. The Hall–Kier alpha value is -2.00. The molecule has 0 saturated carbocycles. The van der Waals surface area contributed by atoms with Crippen molar-refractivity contribution in [3.63, 3.8) is 0 Å². The first-order valence-electron chi connectivity index (χ1n) is 8.44. The fourth-order valence-electron chi connectivity index (χ4n) is 2.45. The van der Waals surface area contributed by atoms with Gasteiger partial charge in [-0.2, -0.15) is 22.7 Å². The summed E-state index contributed by atoms with van der Waals surface area (Å²) in [6.07, 6.45) is 3.94. The number of unbranched alkanes of at least 4 members (excludes halogenated alkanes) is 1. The van der Waals surface area contributed by atoms with E-state index in [1.54, 1.807) is 22.7 Å². The summed E-state index contributed by atoms with van der Waals surface area (Å²) in [5.74, 6) is -2.80. The molecule has 0 fully saturated rings. The molecule has 2 aromatic rings. The quantitative estimate of drug-likeness (QED) is 0.417. The second kappa shape index (κ2) is 11.7. The zero-order valence-corrected chi connectivity index (χ0v) is 17.0. The van der Waals surface area contributed by atoms with Crippen LogP contribution in [0.5, 0.6) is 0 Å². The van der Waals surface area contributed by atoms with Crippen molar-refractivity contribution < 1.29 is 29.8 Å². The maximum absolute atomic E-state index is 11.1. The van der Waals surface area contributed by atoms with Gasteiger partial charge in [-0.15, -0.1) is 0 Å². The highest BCUT2D eigenvalue weighted by Gasteiger charge is 2.31. The van der Waals surface area contributed by atoms with Gasteiger partial charge in [0.2, 0.25) is 0 Å². The van der Waals surface area contributed by atoms with E-state index in [1.807, 2.05) is 22.9 Å². The van der Waals surface area contributed by atoms with Crippen LogP contribution >= 0.6 is 22.7 Å². The standard InChI is InChI=1S/C15H21NOS2.C4H4O4/c1-16(2)8-4-3-7-15(17,13-5-9-18-11-13)14-6-10-19-12-14;5-3(6)1-2-4(7)8/h5-6,9-12,17H,3-4,7-8H2,1-2H3;1-2H,(H,5,6)(H,7,8)/b;2-1+. The normalized spacial score (nSPS) is 11.4. The van der Waals surface area contributed by atoms with E-state index in [2.05, 4.69) is 24.9 Å². The third kappa shape index (κ3) is 8.49. The van der Waals surface area contributed by atoms with E-state index in [9.17, 15) is 19.8 Å². The van der Waals surface area contributed by atoms with Crippen LogP contribution < -0.4 is 10.0 Å². The Morgan fingerprint density at radius 3 is 2.00 bits per heavy atom. The molecule has 3 N–H and O–H groups in total. The average molecular weight is 412 g/mol. The highest BCUT2D eigenvalue weighted by molar-refractivity contribution is 7.08. The molecule has 2 aromatic heterocycles. The molecule has 0 saturated heterocycles.